The molecule has 1 fully saturated rings. The van der Waals surface area contributed by atoms with E-state index in [9.17, 15) is 4.79 Å². The second-order valence-corrected chi connectivity index (χ2v) is 5.40. The monoisotopic (exact) mass is 286 g/mol. The number of carbonyl (C=O) groups excluding carboxylic acids is 1. The Morgan fingerprint density at radius 2 is 2.10 bits per heavy atom. The zero-order valence-corrected chi connectivity index (χ0v) is 11.6. The van der Waals surface area contributed by atoms with Crippen molar-refractivity contribution in [2.75, 3.05) is 6.61 Å². The standard InChI is InChI=1S/C15H18N4O2/c20-7-6-11-8-12(9-11)16-15(21)14-10-19(18-17-14)13-4-2-1-3-5-13/h1-5,10-12,20H,6-9H2,(H,16,21)/t11-,12-. The van der Waals surface area contributed by atoms with Gasteiger partial charge in [0.2, 0.25) is 0 Å². The highest BCUT2D eigenvalue weighted by molar-refractivity contribution is 5.92. The first kappa shape index (κ1) is 13.8. The summed E-state index contributed by atoms with van der Waals surface area (Å²) in [5, 5.41) is 19.7. The van der Waals surface area contributed by atoms with Gasteiger partial charge in [-0.25, -0.2) is 4.68 Å². The third-order valence-corrected chi connectivity index (χ3v) is 3.86. The summed E-state index contributed by atoms with van der Waals surface area (Å²) >= 11 is 0. The number of nitrogens with one attached hydrogen (secondary N) is 1. The summed E-state index contributed by atoms with van der Waals surface area (Å²) in [4.78, 5) is 12.1. The molecule has 2 N–H and O–H groups in total. The molecular weight excluding hydrogens is 268 g/mol. The van der Waals surface area contributed by atoms with Gasteiger partial charge in [0.1, 0.15) is 0 Å². The molecule has 1 aliphatic carbocycles. The molecule has 0 atom stereocenters. The summed E-state index contributed by atoms with van der Waals surface area (Å²) in [6.07, 6.45) is 4.31. The first-order chi connectivity index (χ1) is 10.3. The van der Waals surface area contributed by atoms with Crippen LogP contribution in [0.5, 0.6) is 0 Å². The van der Waals surface area contributed by atoms with E-state index in [1.165, 1.54) is 0 Å². The third kappa shape index (κ3) is 3.11. The highest BCUT2D eigenvalue weighted by atomic mass is 16.3. The largest absolute Gasteiger partial charge is 0.396 e. The van der Waals surface area contributed by atoms with E-state index in [0.29, 0.717) is 11.6 Å². The van der Waals surface area contributed by atoms with E-state index in [4.69, 9.17) is 5.11 Å². The number of amides is 1. The van der Waals surface area contributed by atoms with Gasteiger partial charge in [-0.15, -0.1) is 5.10 Å². The zero-order valence-electron chi connectivity index (χ0n) is 11.6. The van der Waals surface area contributed by atoms with Gasteiger partial charge in [-0.3, -0.25) is 4.79 Å². The maximum Gasteiger partial charge on any atom is 0.273 e. The van der Waals surface area contributed by atoms with Crippen molar-refractivity contribution in [1.82, 2.24) is 20.3 Å². The molecule has 6 heteroatoms. The molecular formula is C15H18N4O2. The molecule has 0 bridgehead atoms. The molecule has 110 valence electrons. The van der Waals surface area contributed by atoms with Gasteiger partial charge in [0, 0.05) is 12.6 Å². The molecule has 0 spiro atoms. The van der Waals surface area contributed by atoms with E-state index in [1.807, 2.05) is 30.3 Å². The minimum absolute atomic E-state index is 0.190. The van der Waals surface area contributed by atoms with Crippen LogP contribution in [0, 0.1) is 5.92 Å². The van der Waals surface area contributed by atoms with Gasteiger partial charge in [-0.1, -0.05) is 23.4 Å². The maximum absolute atomic E-state index is 12.1. The number of aromatic nitrogens is 3. The number of hydrogen-bond donors (Lipinski definition) is 2. The van der Waals surface area contributed by atoms with E-state index in [2.05, 4.69) is 15.6 Å². The van der Waals surface area contributed by atoms with Gasteiger partial charge in [-0.2, -0.15) is 0 Å². The average molecular weight is 286 g/mol. The molecule has 0 radical (unpaired) electrons. The predicted octanol–water partition coefficient (Wildman–Crippen LogP) is 1.16. The maximum atomic E-state index is 12.1. The fourth-order valence-electron chi connectivity index (χ4n) is 2.61. The first-order valence-corrected chi connectivity index (χ1v) is 7.16. The summed E-state index contributed by atoms with van der Waals surface area (Å²) in [5.74, 6) is 0.338. The van der Waals surface area contributed by atoms with E-state index in [0.717, 1.165) is 24.9 Å². The van der Waals surface area contributed by atoms with E-state index in [1.54, 1.807) is 10.9 Å². The Balaban J connectivity index is 1.58. The van der Waals surface area contributed by atoms with Crippen molar-refractivity contribution in [1.29, 1.82) is 0 Å². The number of hydrogen-bond acceptors (Lipinski definition) is 4. The fraction of sp³-hybridized carbons (Fsp3) is 0.400. The summed E-state index contributed by atoms with van der Waals surface area (Å²) in [5.41, 5.74) is 1.19. The molecule has 1 heterocycles. The summed E-state index contributed by atoms with van der Waals surface area (Å²) in [6, 6.07) is 9.74. The van der Waals surface area contributed by atoms with Crippen molar-refractivity contribution in [3.05, 3.63) is 42.2 Å². The highest BCUT2D eigenvalue weighted by Gasteiger charge is 2.30. The van der Waals surface area contributed by atoms with Gasteiger partial charge in [0.05, 0.1) is 11.9 Å². The minimum Gasteiger partial charge on any atom is -0.396 e. The van der Waals surface area contributed by atoms with Crippen molar-refractivity contribution < 1.29 is 9.90 Å². The van der Waals surface area contributed by atoms with Crippen LogP contribution < -0.4 is 5.32 Å². The van der Waals surface area contributed by atoms with Crippen molar-refractivity contribution in [2.45, 2.75) is 25.3 Å². The molecule has 1 saturated carbocycles. The second kappa shape index (κ2) is 6.05. The van der Waals surface area contributed by atoms with E-state index < -0.39 is 0 Å². The van der Waals surface area contributed by atoms with Crippen molar-refractivity contribution in [2.24, 2.45) is 5.92 Å². The van der Waals surface area contributed by atoms with Crippen LogP contribution in [0.1, 0.15) is 29.8 Å². The second-order valence-electron chi connectivity index (χ2n) is 5.40. The Labute approximate surface area is 122 Å². The van der Waals surface area contributed by atoms with Crippen molar-refractivity contribution in [3.63, 3.8) is 0 Å². The number of benzene rings is 1. The number of para-hydroxylation sites is 1. The van der Waals surface area contributed by atoms with Crippen molar-refractivity contribution >= 4 is 5.91 Å². The molecule has 1 aromatic heterocycles. The molecule has 0 saturated heterocycles. The first-order valence-electron chi connectivity index (χ1n) is 7.16. The summed E-state index contributed by atoms with van der Waals surface area (Å²) in [6.45, 7) is 0.219. The lowest BCUT2D eigenvalue weighted by atomic mass is 9.78. The molecule has 3 rings (SSSR count). The molecule has 0 unspecified atom stereocenters. The van der Waals surface area contributed by atoms with Gasteiger partial charge in [-0.05, 0) is 37.3 Å². The van der Waals surface area contributed by atoms with E-state index >= 15 is 0 Å². The number of rotatable bonds is 5. The number of nitrogens with zero attached hydrogens (tertiary/aromatic N) is 3. The molecule has 0 aliphatic heterocycles. The Morgan fingerprint density at radius 3 is 2.81 bits per heavy atom. The van der Waals surface area contributed by atoms with Crippen LogP contribution in [-0.4, -0.2) is 38.7 Å². The Hall–Kier alpha value is -2.21. The SMILES string of the molecule is O=C(N[C@H]1C[C@H](CCO)C1)c1cn(-c2ccccc2)nn1. The Morgan fingerprint density at radius 1 is 1.33 bits per heavy atom. The zero-order chi connectivity index (χ0) is 14.7. The van der Waals surface area contributed by atoms with Crippen LogP contribution in [0.25, 0.3) is 5.69 Å². The summed E-state index contributed by atoms with van der Waals surface area (Å²) in [7, 11) is 0. The normalized spacial score (nSPS) is 20.8. The van der Waals surface area contributed by atoms with Crippen molar-refractivity contribution in [3.8, 4) is 5.69 Å². The number of carbonyl (C=O) groups is 1. The molecule has 21 heavy (non-hydrogen) atoms. The number of aliphatic hydroxyl groups is 1. The predicted molar refractivity (Wildman–Crippen MR) is 77.0 cm³/mol. The summed E-state index contributed by atoms with van der Waals surface area (Å²) < 4.78 is 1.59. The lowest BCUT2D eigenvalue weighted by molar-refractivity contribution is 0.0869. The van der Waals surface area contributed by atoms with E-state index in [-0.39, 0.29) is 18.6 Å². The van der Waals surface area contributed by atoms with Crippen LogP contribution in [0.15, 0.2) is 36.5 Å². The van der Waals surface area contributed by atoms with Gasteiger partial charge >= 0.3 is 0 Å². The topological polar surface area (TPSA) is 80.0 Å². The Kier molecular flexibility index (Phi) is 3.96. The molecule has 1 aliphatic rings. The Bertz CT molecular complexity index is 605. The number of aliphatic hydroxyl groups excluding tert-OH is 1. The lowest BCUT2D eigenvalue weighted by Crippen LogP contribution is -2.44. The smallest absolute Gasteiger partial charge is 0.273 e. The highest BCUT2D eigenvalue weighted by Crippen LogP contribution is 2.30. The quantitative estimate of drug-likeness (QED) is 0.864. The lowest BCUT2D eigenvalue weighted by Gasteiger charge is -2.35. The minimum atomic E-state index is -0.190. The van der Waals surface area contributed by atoms with Gasteiger partial charge in [0.25, 0.3) is 5.91 Å². The van der Waals surface area contributed by atoms with Gasteiger partial charge < -0.3 is 10.4 Å². The molecule has 2 aromatic rings. The van der Waals surface area contributed by atoms with Crippen LogP contribution in [0.4, 0.5) is 0 Å². The van der Waals surface area contributed by atoms with Crippen LogP contribution >= 0.6 is 0 Å². The van der Waals surface area contributed by atoms with Crippen LogP contribution in [0.2, 0.25) is 0 Å². The van der Waals surface area contributed by atoms with Crippen LogP contribution in [0.3, 0.4) is 0 Å². The van der Waals surface area contributed by atoms with Gasteiger partial charge in [0.15, 0.2) is 5.69 Å². The molecule has 1 aromatic carbocycles. The molecule has 6 nitrogen and oxygen atoms in total. The third-order valence-electron chi connectivity index (χ3n) is 3.86. The fourth-order valence-corrected chi connectivity index (χ4v) is 2.61. The average Bonchev–Trinajstić information content (AvgIpc) is 2.96. The molecule has 1 amide bonds. The van der Waals surface area contributed by atoms with Crippen LogP contribution in [-0.2, 0) is 0 Å².